The van der Waals surface area contributed by atoms with E-state index in [4.69, 9.17) is 0 Å². The summed E-state index contributed by atoms with van der Waals surface area (Å²) in [5.41, 5.74) is 3.94. The minimum absolute atomic E-state index is 0.636. The third kappa shape index (κ3) is 0.884. The number of nitrogens with one attached hydrogen (secondary N) is 1. The molecule has 2 aromatic rings. The maximum atomic E-state index is 4.34. The van der Waals surface area contributed by atoms with E-state index in [2.05, 4.69) is 42.2 Å². The molecule has 0 bridgehead atoms. The van der Waals surface area contributed by atoms with Gasteiger partial charge in [-0.1, -0.05) is 26.0 Å². The average Bonchev–Trinajstić information content (AvgIpc) is 2.72. The Morgan fingerprint density at radius 1 is 1.43 bits per heavy atom. The van der Waals surface area contributed by atoms with Gasteiger partial charge in [0.15, 0.2) is 0 Å². The Balaban J connectivity index is 2.28. The molecule has 1 aliphatic carbocycles. The fraction of sp³-hybridized carbons (Fsp3) is 0.417. The lowest BCUT2D eigenvalue weighted by Gasteiger charge is -2.13. The molecule has 0 amide bonds. The van der Waals surface area contributed by atoms with E-state index in [-0.39, 0.29) is 0 Å². The van der Waals surface area contributed by atoms with Gasteiger partial charge >= 0.3 is 0 Å². The van der Waals surface area contributed by atoms with Crippen LogP contribution in [-0.2, 0) is 6.42 Å². The van der Waals surface area contributed by atoms with Crippen molar-refractivity contribution in [2.75, 3.05) is 0 Å². The van der Waals surface area contributed by atoms with Crippen LogP contribution < -0.4 is 0 Å². The molecule has 72 valence electrons. The minimum Gasteiger partial charge on any atom is -0.281 e. The third-order valence-electron chi connectivity index (χ3n) is 3.31. The molecule has 0 saturated carbocycles. The summed E-state index contributed by atoms with van der Waals surface area (Å²) in [5, 5.41) is 8.92. The summed E-state index contributed by atoms with van der Waals surface area (Å²) in [6.45, 7) is 4.56. The van der Waals surface area contributed by atoms with E-state index >= 15 is 0 Å². The number of benzene rings is 1. The number of hydrogen-bond acceptors (Lipinski definition) is 1. The van der Waals surface area contributed by atoms with Crippen LogP contribution in [0.25, 0.3) is 10.9 Å². The number of H-pyrrole nitrogens is 1. The Morgan fingerprint density at radius 3 is 3.07 bits per heavy atom. The van der Waals surface area contributed by atoms with E-state index in [1.54, 1.807) is 0 Å². The zero-order valence-electron chi connectivity index (χ0n) is 8.54. The first-order valence-corrected chi connectivity index (χ1v) is 5.23. The zero-order valence-corrected chi connectivity index (χ0v) is 8.54. The first kappa shape index (κ1) is 8.04. The van der Waals surface area contributed by atoms with Crippen LogP contribution in [0.5, 0.6) is 0 Å². The monoisotopic (exact) mass is 186 g/mol. The molecule has 0 unspecified atom stereocenters. The van der Waals surface area contributed by atoms with Crippen molar-refractivity contribution >= 4 is 10.9 Å². The maximum absolute atomic E-state index is 4.34. The van der Waals surface area contributed by atoms with Gasteiger partial charge in [-0.2, -0.15) is 5.10 Å². The summed E-state index contributed by atoms with van der Waals surface area (Å²) in [4.78, 5) is 0. The second-order valence-corrected chi connectivity index (χ2v) is 4.50. The van der Waals surface area contributed by atoms with E-state index in [0.717, 1.165) is 5.52 Å². The molecular weight excluding hydrogens is 172 g/mol. The van der Waals surface area contributed by atoms with Gasteiger partial charge in [0.25, 0.3) is 0 Å². The predicted octanol–water partition coefficient (Wildman–Crippen LogP) is 2.86. The van der Waals surface area contributed by atoms with Gasteiger partial charge in [-0.25, -0.2) is 0 Å². The van der Waals surface area contributed by atoms with Crippen molar-refractivity contribution in [2.24, 2.45) is 5.92 Å². The van der Waals surface area contributed by atoms with Gasteiger partial charge < -0.3 is 0 Å². The van der Waals surface area contributed by atoms with Crippen LogP contribution in [-0.4, -0.2) is 10.2 Å². The topological polar surface area (TPSA) is 28.7 Å². The average molecular weight is 186 g/mol. The molecule has 0 spiro atoms. The van der Waals surface area contributed by atoms with E-state index in [1.165, 1.54) is 23.1 Å². The van der Waals surface area contributed by atoms with Gasteiger partial charge in [0.2, 0.25) is 0 Å². The van der Waals surface area contributed by atoms with Gasteiger partial charge in [0.1, 0.15) is 0 Å². The Labute approximate surface area is 83.3 Å². The Kier molecular flexibility index (Phi) is 1.49. The quantitative estimate of drug-likeness (QED) is 0.728. The minimum atomic E-state index is 0.636. The number of hydrogen-bond donors (Lipinski definition) is 1. The van der Waals surface area contributed by atoms with E-state index in [1.807, 2.05) is 0 Å². The van der Waals surface area contributed by atoms with Gasteiger partial charge in [-0.15, -0.1) is 0 Å². The van der Waals surface area contributed by atoms with E-state index in [9.17, 15) is 0 Å². The SMILES string of the molecule is CC(C)[C@H]1Cc2cccc3n[nH]c1c23. The smallest absolute Gasteiger partial charge is 0.0926 e. The molecule has 0 saturated heterocycles. The van der Waals surface area contributed by atoms with Crippen molar-refractivity contribution in [3.8, 4) is 0 Å². The van der Waals surface area contributed by atoms with Crippen molar-refractivity contribution in [3.05, 3.63) is 29.5 Å². The normalized spacial score (nSPS) is 19.8. The van der Waals surface area contributed by atoms with Crippen LogP contribution in [0, 0.1) is 5.92 Å². The first-order chi connectivity index (χ1) is 6.77. The van der Waals surface area contributed by atoms with Crippen molar-refractivity contribution < 1.29 is 0 Å². The molecule has 2 nitrogen and oxygen atoms in total. The highest BCUT2D eigenvalue weighted by atomic mass is 15.1. The first-order valence-electron chi connectivity index (χ1n) is 5.23. The molecule has 0 fully saturated rings. The molecule has 1 aliphatic rings. The lowest BCUT2D eigenvalue weighted by atomic mass is 9.93. The number of rotatable bonds is 1. The maximum Gasteiger partial charge on any atom is 0.0926 e. The van der Waals surface area contributed by atoms with Gasteiger partial charge in [-0.3, -0.25) is 5.10 Å². The fourth-order valence-electron chi connectivity index (χ4n) is 2.51. The molecule has 1 atom stereocenters. The highest BCUT2D eigenvalue weighted by molar-refractivity contribution is 5.87. The van der Waals surface area contributed by atoms with Crippen LogP contribution in [0.3, 0.4) is 0 Å². The Hall–Kier alpha value is -1.31. The Morgan fingerprint density at radius 2 is 2.29 bits per heavy atom. The zero-order chi connectivity index (χ0) is 9.71. The van der Waals surface area contributed by atoms with Crippen LogP contribution in [0.2, 0.25) is 0 Å². The van der Waals surface area contributed by atoms with Crippen LogP contribution >= 0.6 is 0 Å². The summed E-state index contributed by atoms with van der Waals surface area (Å²) in [6, 6.07) is 6.41. The molecule has 1 aromatic heterocycles. The van der Waals surface area contributed by atoms with Gasteiger partial charge in [-0.05, 0) is 24.0 Å². The highest BCUT2D eigenvalue weighted by Gasteiger charge is 2.28. The number of aromatic nitrogens is 2. The molecular formula is C12H14N2. The summed E-state index contributed by atoms with van der Waals surface area (Å²) < 4.78 is 0. The molecule has 2 heteroatoms. The summed E-state index contributed by atoms with van der Waals surface area (Å²) >= 11 is 0. The highest BCUT2D eigenvalue weighted by Crippen LogP contribution is 2.40. The third-order valence-corrected chi connectivity index (χ3v) is 3.31. The van der Waals surface area contributed by atoms with Crippen LogP contribution in [0.15, 0.2) is 18.2 Å². The number of nitrogens with zero attached hydrogens (tertiary/aromatic N) is 1. The van der Waals surface area contributed by atoms with Crippen molar-refractivity contribution in [1.82, 2.24) is 10.2 Å². The predicted molar refractivity (Wildman–Crippen MR) is 57.4 cm³/mol. The fourth-order valence-corrected chi connectivity index (χ4v) is 2.51. The molecule has 0 aliphatic heterocycles. The summed E-state index contributed by atoms with van der Waals surface area (Å²) in [7, 11) is 0. The van der Waals surface area contributed by atoms with E-state index in [0.29, 0.717) is 11.8 Å². The number of aromatic amines is 1. The van der Waals surface area contributed by atoms with Crippen molar-refractivity contribution in [3.63, 3.8) is 0 Å². The van der Waals surface area contributed by atoms with Gasteiger partial charge in [0.05, 0.1) is 5.52 Å². The molecule has 1 heterocycles. The van der Waals surface area contributed by atoms with Crippen molar-refractivity contribution in [2.45, 2.75) is 26.2 Å². The second-order valence-electron chi connectivity index (χ2n) is 4.50. The lowest BCUT2D eigenvalue weighted by Crippen LogP contribution is -2.05. The molecule has 3 rings (SSSR count). The standard InChI is InChI=1S/C12H14N2/c1-7(2)9-6-8-4-3-5-10-11(8)12(9)14-13-10/h3-5,7,9H,6H2,1-2H3,(H,13,14)/t9-/m1/s1. The van der Waals surface area contributed by atoms with Crippen LogP contribution in [0.1, 0.15) is 31.0 Å². The molecule has 14 heavy (non-hydrogen) atoms. The van der Waals surface area contributed by atoms with Gasteiger partial charge in [0, 0.05) is 17.0 Å². The summed E-state index contributed by atoms with van der Waals surface area (Å²) in [5.74, 6) is 1.32. The van der Waals surface area contributed by atoms with E-state index < -0.39 is 0 Å². The van der Waals surface area contributed by atoms with Crippen LogP contribution in [0.4, 0.5) is 0 Å². The van der Waals surface area contributed by atoms with Crippen molar-refractivity contribution in [1.29, 1.82) is 0 Å². The molecule has 0 radical (unpaired) electrons. The Bertz CT molecular complexity index is 482. The lowest BCUT2D eigenvalue weighted by molar-refractivity contribution is 0.498. The molecule has 1 aromatic carbocycles. The molecule has 1 N–H and O–H groups in total. The second kappa shape index (κ2) is 2.59. The summed E-state index contributed by atoms with van der Waals surface area (Å²) in [6.07, 6.45) is 1.18. The largest absolute Gasteiger partial charge is 0.281 e.